The first-order valence-electron chi connectivity index (χ1n) is 25.9. The van der Waals surface area contributed by atoms with Gasteiger partial charge in [0.25, 0.3) is 0 Å². The molecule has 0 aliphatic carbocycles. The van der Waals surface area contributed by atoms with Crippen LogP contribution in [0.5, 0.6) is 0 Å². The molecule has 0 unspecified atom stereocenters. The molecule has 0 fully saturated rings. The van der Waals surface area contributed by atoms with Crippen molar-refractivity contribution in [1.29, 1.82) is 0 Å². The van der Waals surface area contributed by atoms with Crippen LogP contribution >= 0.6 is 0 Å². The molecule has 0 N–H and O–H groups in total. The molecule has 0 radical (unpaired) electrons. The van der Waals surface area contributed by atoms with E-state index in [1.165, 1.54) is 212 Å². The predicted molar refractivity (Wildman–Crippen MR) is 253 cm³/mol. The van der Waals surface area contributed by atoms with Gasteiger partial charge in [-0.15, -0.1) is 0 Å². The average Bonchev–Trinajstić information content (AvgIpc) is 3.22. The molecule has 7 heteroatoms. The van der Waals surface area contributed by atoms with Crippen LogP contribution in [0.4, 0.5) is 0 Å². The fourth-order valence-corrected chi connectivity index (χ4v) is 7.02. The molecule has 0 aromatic heterocycles. The third-order valence-corrected chi connectivity index (χ3v) is 10.9. The number of hydrogen-bond donors (Lipinski definition) is 0. The zero-order valence-electron chi connectivity index (χ0n) is 40.7. The monoisotopic (exact) mass is 983 g/mol. The maximum atomic E-state index is 10.2. The minimum Gasteiger partial charge on any atom is -0.550 e. The van der Waals surface area contributed by atoms with Crippen molar-refractivity contribution in [1.82, 2.24) is 0 Å². The molecular formula is C54H99LaO6. The first-order chi connectivity index (χ1) is 29.3. The molecule has 0 aliphatic heterocycles. The number of aliphatic carboxylic acids is 3. The quantitative estimate of drug-likeness (QED) is 0.0443. The van der Waals surface area contributed by atoms with Gasteiger partial charge >= 0.3 is 35.6 Å². The van der Waals surface area contributed by atoms with Gasteiger partial charge in [-0.05, 0) is 116 Å². The fraction of sp³-hybridized carbons (Fsp3) is 0.833. The number of carboxylic acid groups (broad SMARTS) is 3. The van der Waals surface area contributed by atoms with Crippen LogP contribution < -0.4 is 15.3 Å². The van der Waals surface area contributed by atoms with Crippen molar-refractivity contribution in [3.8, 4) is 0 Å². The van der Waals surface area contributed by atoms with Gasteiger partial charge in [-0.2, -0.15) is 0 Å². The molecule has 0 amide bonds. The molecule has 0 saturated carbocycles. The third-order valence-electron chi connectivity index (χ3n) is 10.9. The summed E-state index contributed by atoms with van der Waals surface area (Å²) in [5, 5.41) is 30.6. The topological polar surface area (TPSA) is 120 Å². The second kappa shape index (κ2) is 63.1. The summed E-state index contributed by atoms with van der Waals surface area (Å²) in [7, 11) is 0. The molecule has 61 heavy (non-hydrogen) atoms. The minimum absolute atomic E-state index is 0. The Morgan fingerprint density at radius 1 is 0.262 bits per heavy atom. The summed E-state index contributed by atoms with van der Waals surface area (Å²) >= 11 is 0. The van der Waals surface area contributed by atoms with Crippen LogP contribution in [0.3, 0.4) is 0 Å². The number of unbranched alkanes of at least 4 members (excludes halogenated alkanes) is 33. The molecule has 0 rings (SSSR count). The number of rotatable bonds is 45. The van der Waals surface area contributed by atoms with Crippen molar-refractivity contribution in [3.63, 3.8) is 0 Å². The van der Waals surface area contributed by atoms with Gasteiger partial charge in [0, 0.05) is 17.9 Å². The molecule has 354 valence electrons. The Morgan fingerprint density at radius 3 is 0.574 bits per heavy atom. The maximum Gasteiger partial charge on any atom is 3.00 e. The van der Waals surface area contributed by atoms with Gasteiger partial charge in [-0.1, -0.05) is 211 Å². The van der Waals surface area contributed by atoms with Crippen LogP contribution in [0.1, 0.15) is 290 Å². The molecule has 0 bridgehead atoms. The molecule has 0 heterocycles. The van der Waals surface area contributed by atoms with E-state index in [0.717, 1.165) is 38.5 Å². The van der Waals surface area contributed by atoms with E-state index in [4.69, 9.17) is 0 Å². The number of hydrogen-bond acceptors (Lipinski definition) is 6. The van der Waals surface area contributed by atoms with Crippen molar-refractivity contribution < 1.29 is 65.3 Å². The summed E-state index contributed by atoms with van der Waals surface area (Å²) in [6.45, 7) is 6.75. The number of carbonyl (C=O) groups excluding carboxylic acids is 3. The first-order valence-corrected chi connectivity index (χ1v) is 25.9. The summed E-state index contributed by atoms with van der Waals surface area (Å²) in [5.74, 6) is -2.73. The van der Waals surface area contributed by atoms with Gasteiger partial charge in [-0.3, -0.25) is 0 Å². The van der Waals surface area contributed by atoms with E-state index in [0.29, 0.717) is 0 Å². The van der Waals surface area contributed by atoms with Gasteiger partial charge in [0.2, 0.25) is 0 Å². The third kappa shape index (κ3) is 76.5. The van der Waals surface area contributed by atoms with Crippen molar-refractivity contribution >= 4 is 17.9 Å². The van der Waals surface area contributed by atoms with Gasteiger partial charge in [-0.25, -0.2) is 0 Å². The van der Waals surface area contributed by atoms with Gasteiger partial charge in [0.1, 0.15) is 0 Å². The maximum absolute atomic E-state index is 10.2. The van der Waals surface area contributed by atoms with E-state index < -0.39 is 17.9 Å². The zero-order chi connectivity index (χ0) is 44.7. The zero-order valence-corrected chi connectivity index (χ0v) is 44.3. The van der Waals surface area contributed by atoms with Crippen molar-refractivity contribution in [2.75, 3.05) is 0 Å². The Kier molecular flexibility index (Phi) is 68.7. The molecule has 0 aromatic rings. The van der Waals surface area contributed by atoms with Crippen molar-refractivity contribution in [3.05, 3.63) is 36.5 Å². The number of carbonyl (C=O) groups is 3. The normalized spacial score (nSPS) is 11.1. The van der Waals surface area contributed by atoms with Crippen molar-refractivity contribution in [2.45, 2.75) is 290 Å². The van der Waals surface area contributed by atoms with Crippen LogP contribution in [-0.2, 0) is 14.4 Å². The van der Waals surface area contributed by atoms with Crippen LogP contribution in [0.25, 0.3) is 0 Å². The smallest absolute Gasteiger partial charge is 0.550 e. The summed E-state index contributed by atoms with van der Waals surface area (Å²) in [4.78, 5) is 30.6. The first kappa shape index (κ1) is 66.4. The Labute approximate surface area is 407 Å². The van der Waals surface area contributed by atoms with Crippen LogP contribution in [-0.4, -0.2) is 17.9 Å². The molecule has 0 aromatic carbocycles. The fourth-order valence-electron chi connectivity index (χ4n) is 7.02. The second-order valence-electron chi connectivity index (χ2n) is 17.1. The Morgan fingerprint density at radius 2 is 0.410 bits per heavy atom. The van der Waals surface area contributed by atoms with E-state index in [-0.39, 0.29) is 54.9 Å². The van der Waals surface area contributed by atoms with Gasteiger partial charge in [0.15, 0.2) is 0 Å². The van der Waals surface area contributed by atoms with Gasteiger partial charge in [0.05, 0.1) is 0 Å². The van der Waals surface area contributed by atoms with Crippen molar-refractivity contribution in [2.24, 2.45) is 0 Å². The number of allylic oxidation sites excluding steroid dienone is 6. The summed E-state index contributed by atoms with van der Waals surface area (Å²) in [6.07, 6.45) is 62.7. The van der Waals surface area contributed by atoms with Crippen LogP contribution in [0.2, 0.25) is 0 Å². The average molecular weight is 983 g/mol. The summed E-state index contributed by atoms with van der Waals surface area (Å²) in [6, 6.07) is 0. The standard InChI is InChI=1S/3C18H34O2.La/c3*1-2-3-4-5-6-7-8-9-10-11-12-13-14-15-16-17-18(19)20;/h3*7-8H,2-6,9-17H2,1H3,(H,19,20);/q;;;+3/p-3/b3*8-7-;. The summed E-state index contributed by atoms with van der Waals surface area (Å²) < 4.78 is 0. The molecular weight excluding hydrogens is 883 g/mol. The predicted octanol–water partition coefficient (Wildman–Crippen LogP) is 14.3. The minimum atomic E-state index is -0.911. The van der Waals surface area contributed by atoms with E-state index in [1.54, 1.807) is 0 Å². The Hall–Kier alpha value is -1.18. The van der Waals surface area contributed by atoms with E-state index >= 15 is 0 Å². The molecule has 6 nitrogen and oxygen atoms in total. The molecule has 0 saturated heterocycles. The van der Waals surface area contributed by atoms with Gasteiger partial charge < -0.3 is 29.7 Å². The van der Waals surface area contributed by atoms with E-state index in [2.05, 4.69) is 57.2 Å². The molecule has 0 aliphatic rings. The van der Waals surface area contributed by atoms with Crippen LogP contribution in [0.15, 0.2) is 36.5 Å². The SMILES string of the molecule is CCCCCC/C=C\CCCCCCCCCC(=O)[O-].CCCCCC/C=C\CCCCCCCCCC(=O)[O-].CCCCCC/C=C\CCCCCCCCCC(=O)[O-].[La+3]. The largest absolute Gasteiger partial charge is 3.00 e. The molecule has 0 atom stereocenters. The Balaban J connectivity index is -0.000000396. The molecule has 0 spiro atoms. The summed E-state index contributed by atoms with van der Waals surface area (Å²) in [5.41, 5.74) is 0. The number of carboxylic acids is 3. The second-order valence-corrected chi connectivity index (χ2v) is 17.1. The van der Waals surface area contributed by atoms with E-state index in [9.17, 15) is 29.7 Å². The Bertz CT molecular complexity index is 827. The van der Waals surface area contributed by atoms with Crippen LogP contribution in [0, 0.1) is 35.6 Å². The van der Waals surface area contributed by atoms with E-state index in [1.807, 2.05) is 0 Å².